The van der Waals surface area contributed by atoms with E-state index >= 15 is 0 Å². The Morgan fingerprint density at radius 3 is 2.43 bits per heavy atom. The summed E-state index contributed by atoms with van der Waals surface area (Å²) < 4.78 is 0. The number of likely N-dealkylation sites (tertiary alicyclic amines) is 1. The SMILES string of the molecule is CC(C)C(=O)NC1CC(CC2CC2)CN(C2CCC2C)C1. The summed E-state index contributed by atoms with van der Waals surface area (Å²) in [7, 11) is 0. The highest BCUT2D eigenvalue weighted by Crippen LogP contribution is 2.40. The van der Waals surface area contributed by atoms with Crippen molar-refractivity contribution in [1.82, 2.24) is 10.2 Å². The van der Waals surface area contributed by atoms with Gasteiger partial charge >= 0.3 is 0 Å². The number of nitrogens with zero attached hydrogens (tertiary/aromatic N) is 1. The summed E-state index contributed by atoms with van der Waals surface area (Å²) in [4.78, 5) is 14.8. The fourth-order valence-corrected chi connectivity index (χ4v) is 4.17. The van der Waals surface area contributed by atoms with Crippen LogP contribution in [-0.2, 0) is 4.79 Å². The first-order valence-corrected chi connectivity index (χ1v) is 9.07. The molecule has 120 valence electrons. The van der Waals surface area contributed by atoms with Gasteiger partial charge in [0.15, 0.2) is 0 Å². The van der Waals surface area contributed by atoms with E-state index in [2.05, 4.69) is 17.1 Å². The van der Waals surface area contributed by atoms with E-state index in [1.807, 2.05) is 13.8 Å². The Morgan fingerprint density at radius 2 is 1.90 bits per heavy atom. The Kier molecular flexibility index (Phi) is 4.58. The largest absolute Gasteiger partial charge is 0.352 e. The second-order valence-corrected chi connectivity index (χ2v) is 8.22. The lowest BCUT2D eigenvalue weighted by Crippen LogP contribution is -2.57. The standard InChI is InChI=1S/C18H32N2O/c1-12(2)18(21)19-16-9-15(8-14-5-6-14)10-20(11-16)17-7-4-13(17)3/h12-17H,4-11H2,1-3H3,(H,19,21). The molecule has 0 aromatic rings. The third-order valence-electron chi connectivity index (χ3n) is 5.84. The minimum absolute atomic E-state index is 0.102. The average Bonchev–Trinajstić information content (AvgIpc) is 3.20. The van der Waals surface area contributed by atoms with Crippen molar-refractivity contribution in [3.05, 3.63) is 0 Å². The number of amides is 1. The molecule has 3 heteroatoms. The van der Waals surface area contributed by atoms with E-state index in [4.69, 9.17) is 0 Å². The normalized spacial score (nSPS) is 37.3. The predicted octanol–water partition coefficient (Wildman–Crippen LogP) is 3.05. The van der Waals surface area contributed by atoms with Crippen molar-refractivity contribution in [1.29, 1.82) is 0 Å². The van der Waals surface area contributed by atoms with Crippen LogP contribution in [-0.4, -0.2) is 36.0 Å². The Morgan fingerprint density at radius 1 is 1.14 bits per heavy atom. The first kappa shape index (κ1) is 15.3. The van der Waals surface area contributed by atoms with Gasteiger partial charge < -0.3 is 5.32 Å². The summed E-state index contributed by atoms with van der Waals surface area (Å²) in [5, 5.41) is 3.31. The van der Waals surface area contributed by atoms with Gasteiger partial charge in [0, 0.05) is 31.1 Å². The van der Waals surface area contributed by atoms with Gasteiger partial charge in [0.2, 0.25) is 5.91 Å². The van der Waals surface area contributed by atoms with Crippen LogP contribution in [0.5, 0.6) is 0 Å². The van der Waals surface area contributed by atoms with Gasteiger partial charge in [-0.25, -0.2) is 0 Å². The molecule has 1 heterocycles. The van der Waals surface area contributed by atoms with Crippen LogP contribution >= 0.6 is 0 Å². The summed E-state index contributed by atoms with van der Waals surface area (Å²) in [6, 6.07) is 1.16. The number of nitrogens with one attached hydrogen (secondary N) is 1. The highest BCUT2D eigenvalue weighted by Gasteiger charge is 2.39. The summed E-state index contributed by atoms with van der Waals surface area (Å²) in [5.41, 5.74) is 0. The first-order valence-electron chi connectivity index (χ1n) is 9.07. The van der Waals surface area contributed by atoms with Crippen LogP contribution in [0.4, 0.5) is 0 Å². The van der Waals surface area contributed by atoms with Gasteiger partial charge in [0.1, 0.15) is 0 Å². The third kappa shape index (κ3) is 3.80. The van der Waals surface area contributed by atoms with Gasteiger partial charge in [0.05, 0.1) is 0 Å². The van der Waals surface area contributed by atoms with Crippen LogP contribution in [0.1, 0.15) is 59.3 Å². The van der Waals surface area contributed by atoms with Crippen molar-refractivity contribution in [3.63, 3.8) is 0 Å². The van der Waals surface area contributed by atoms with Crippen LogP contribution in [0, 0.1) is 23.7 Å². The zero-order chi connectivity index (χ0) is 15.0. The summed E-state index contributed by atoms with van der Waals surface area (Å²) >= 11 is 0. The van der Waals surface area contributed by atoms with E-state index in [1.165, 1.54) is 45.1 Å². The Balaban J connectivity index is 1.60. The minimum atomic E-state index is 0.102. The molecule has 0 aromatic carbocycles. The number of carbonyl (C=O) groups is 1. The van der Waals surface area contributed by atoms with Crippen molar-refractivity contribution in [2.24, 2.45) is 23.7 Å². The molecule has 0 radical (unpaired) electrons. The highest BCUT2D eigenvalue weighted by atomic mass is 16.1. The fraction of sp³-hybridized carbons (Fsp3) is 0.944. The number of carbonyl (C=O) groups excluding carboxylic acids is 1. The molecule has 21 heavy (non-hydrogen) atoms. The molecule has 3 rings (SSSR count). The second kappa shape index (κ2) is 6.28. The van der Waals surface area contributed by atoms with E-state index in [-0.39, 0.29) is 11.8 Å². The van der Waals surface area contributed by atoms with Crippen molar-refractivity contribution in [2.75, 3.05) is 13.1 Å². The van der Waals surface area contributed by atoms with Crippen LogP contribution < -0.4 is 5.32 Å². The van der Waals surface area contributed by atoms with E-state index < -0.39 is 0 Å². The van der Waals surface area contributed by atoms with Gasteiger partial charge in [-0.2, -0.15) is 0 Å². The van der Waals surface area contributed by atoms with E-state index in [1.54, 1.807) is 0 Å². The Labute approximate surface area is 129 Å². The lowest BCUT2D eigenvalue weighted by atomic mass is 9.77. The quantitative estimate of drug-likeness (QED) is 0.844. The van der Waals surface area contributed by atoms with Crippen molar-refractivity contribution >= 4 is 5.91 Å². The van der Waals surface area contributed by atoms with Crippen LogP contribution in [0.15, 0.2) is 0 Å². The maximum absolute atomic E-state index is 12.0. The molecule has 1 aliphatic heterocycles. The summed E-state index contributed by atoms with van der Waals surface area (Å²) in [6.45, 7) is 8.73. The molecule has 3 aliphatic rings. The number of rotatable bonds is 5. The van der Waals surface area contributed by atoms with Crippen LogP contribution in [0.3, 0.4) is 0 Å². The van der Waals surface area contributed by atoms with Crippen molar-refractivity contribution in [2.45, 2.75) is 71.4 Å². The van der Waals surface area contributed by atoms with Gasteiger partial charge in [-0.05, 0) is 43.4 Å². The number of piperidine rings is 1. The van der Waals surface area contributed by atoms with E-state index in [0.29, 0.717) is 6.04 Å². The smallest absolute Gasteiger partial charge is 0.222 e. The summed E-state index contributed by atoms with van der Waals surface area (Å²) in [5.74, 6) is 2.98. The topological polar surface area (TPSA) is 32.3 Å². The molecule has 1 N–H and O–H groups in total. The maximum Gasteiger partial charge on any atom is 0.222 e. The maximum atomic E-state index is 12.0. The van der Waals surface area contributed by atoms with Crippen molar-refractivity contribution < 1.29 is 4.79 Å². The molecule has 4 unspecified atom stereocenters. The van der Waals surface area contributed by atoms with Gasteiger partial charge in [-0.3, -0.25) is 9.69 Å². The molecule has 2 aliphatic carbocycles. The fourth-order valence-electron chi connectivity index (χ4n) is 4.17. The van der Waals surface area contributed by atoms with E-state index in [9.17, 15) is 4.79 Å². The lowest BCUT2D eigenvalue weighted by molar-refractivity contribution is -0.125. The zero-order valence-corrected chi connectivity index (χ0v) is 14.0. The molecule has 2 saturated carbocycles. The van der Waals surface area contributed by atoms with Crippen molar-refractivity contribution in [3.8, 4) is 0 Å². The number of hydrogen-bond donors (Lipinski definition) is 1. The van der Waals surface area contributed by atoms with E-state index in [0.717, 1.165) is 30.3 Å². The molecule has 1 amide bonds. The van der Waals surface area contributed by atoms with Gasteiger partial charge in [0.25, 0.3) is 0 Å². The second-order valence-electron chi connectivity index (χ2n) is 8.22. The third-order valence-corrected chi connectivity index (χ3v) is 5.84. The molecule has 1 saturated heterocycles. The molecule has 4 atom stereocenters. The molecule has 3 nitrogen and oxygen atoms in total. The molecular formula is C18H32N2O. The van der Waals surface area contributed by atoms with Gasteiger partial charge in [-0.1, -0.05) is 33.6 Å². The molecule has 3 fully saturated rings. The summed E-state index contributed by atoms with van der Waals surface area (Å²) in [6.07, 6.45) is 8.23. The minimum Gasteiger partial charge on any atom is -0.352 e. The molecular weight excluding hydrogens is 260 g/mol. The lowest BCUT2D eigenvalue weighted by Gasteiger charge is -2.48. The molecule has 0 aromatic heterocycles. The molecule has 0 bridgehead atoms. The first-order chi connectivity index (χ1) is 10.0. The van der Waals surface area contributed by atoms with Crippen LogP contribution in [0.2, 0.25) is 0 Å². The Hall–Kier alpha value is -0.570. The Bertz CT molecular complexity index is 377. The van der Waals surface area contributed by atoms with Gasteiger partial charge in [-0.15, -0.1) is 0 Å². The molecule has 0 spiro atoms. The highest BCUT2D eigenvalue weighted by molar-refractivity contribution is 5.78. The average molecular weight is 292 g/mol. The zero-order valence-electron chi connectivity index (χ0n) is 14.0. The monoisotopic (exact) mass is 292 g/mol. The number of hydrogen-bond acceptors (Lipinski definition) is 2. The predicted molar refractivity (Wildman–Crippen MR) is 86.0 cm³/mol. The van der Waals surface area contributed by atoms with Crippen LogP contribution in [0.25, 0.3) is 0 Å².